The molecule has 0 heterocycles. The largest absolute Gasteiger partial charge is 0.493 e. The van der Waals surface area contributed by atoms with Crippen LogP contribution in [0.2, 0.25) is 0 Å². The SMILES string of the molecule is CC(C)COc1ccc(C(=O)c2ccccc2)c(OCC(C)C)c1. The van der Waals surface area contributed by atoms with E-state index in [1.165, 1.54) is 0 Å². The van der Waals surface area contributed by atoms with Crippen LogP contribution in [-0.4, -0.2) is 19.0 Å². The van der Waals surface area contributed by atoms with E-state index in [1.54, 1.807) is 6.07 Å². The lowest BCUT2D eigenvalue weighted by Gasteiger charge is -2.15. The van der Waals surface area contributed by atoms with Crippen LogP contribution < -0.4 is 9.47 Å². The predicted molar refractivity (Wildman–Crippen MR) is 97.0 cm³/mol. The standard InChI is InChI=1S/C21H26O3/c1-15(2)13-23-18-10-11-19(20(12-18)24-14-16(3)4)21(22)17-8-6-5-7-9-17/h5-12,15-16H,13-14H2,1-4H3. The number of carbonyl (C=O) groups excluding carboxylic acids is 1. The summed E-state index contributed by atoms with van der Waals surface area (Å²) in [6.07, 6.45) is 0. The van der Waals surface area contributed by atoms with E-state index < -0.39 is 0 Å². The van der Waals surface area contributed by atoms with Gasteiger partial charge < -0.3 is 9.47 Å². The van der Waals surface area contributed by atoms with Gasteiger partial charge >= 0.3 is 0 Å². The van der Waals surface area contributed by atoms with Crippen molar-refractivity contribution in [1.82, 2.24) is 0 Å². The van der Waals surface area contributed by atoms with Gasteiger partial charge in [0.1, 0.15) is 11.5 Å². The quantitative estimate of drug-likeness (QED) is 0.641. The van der Waals surface area contributed by atoms with Gasteiger partial charge in [0, 0.05) is 11.6 Å². The first-order valence-electron chi connectivity index (χ1n) is 8.46. The molecule has 2 aromatic rings. The highest BCUT2D eigenvalue weighted by Gasteiger charge is 2.16. The molecule has 0 saturated carbocycles. The van der Waals surface area contributed by atoms with Gasteiger partial charge in [-0.25, -0.2) is 0 Å². The number of benzene rings is 2. The molecule has 0 saturated heterocycles. The van der Waals surface area contributed by atoms with Crippen LogP contribution in [0.25, 0.3) is 0 Å². The average Bonchev–Trinajstić information content (AvgIpc) is 2.58. The highest BCUT2D eigenvalue weighted by atomic mass is 16.5. The Balaban J connectivity index is 2.29. The average molecular weight is 326 g/mol. The lowest BCUT2D eigenvalue weighted by molar-refractivity contribution is 0.103. The molecule has 0 unspecified atom stereocenters. The second kappa shape index (κ2) is 8.53. The number of rotatable bonds is 8. The molecular weight excluding hydrogens is 300 g/mol. The maximum atomic E-state index is 12.8. The maximum absolute atomic E-state index is 12.8. The molecule has 0 aliphatic heterocycles. The molecule has 0 radical (unpaired) electrons. The van der Waals surface area contributed by atoms with Gasteiger partial charge in [0.05, 0.1) is 18.8 Å². The van der Waals surface area contributed by atoms with Crippen molar-refractivity contribution in [3.8, 4) is 11.5 Å². The molecule has 128 valence electrons. The van der Waals surface area contributed by atoms with E-state index in [9.17, 15) is 4.79 Å². The Hall–Kier alpha value is -2.29. The van der Waals surface area contributed by atoms with Crippen molar-refractivity contribution < 1.29 is 14.3 Å². The van der Waals surface area contributed by atoms with Gasteiger partial charge in [0.2, 0.25) is 0 Å². The second-order valence-electron chi connectivity index (χ2n) is 6.76. The van der Waals surface area contributed by atoms with E-state index in [0.717, 1.165) is 5.75 Å². The third-order valence-corrected chi connectivity index (χ3v) is 3.39. The molecule has 0 spiro atoms. The molecule has 3 heteroatoms. The van der Waals surface area contributed by atoms with E-state index in [1.807, 2.05) is 42.5 Å². The lowest BCUT2D eigenvalue weighted by Crippen LogP contribution is -2.10. The minimum Gasteiger partial charge on any atom is -0.493 e. The molecule has 24 heavy (non-hydrogen) atoms. The predicted octanol–water partition coefficient (Wildman–Crippen LogP) is 4.99. The van der Waals surface area contributed by atoms with E-state index in [0.29, 0.717) is 41.9 Å². The second-order valence-corrected chi connectivity index (χ2v) is 6.76. The van der Waals surface area contributed by atoms with Crippen molar-refractivity contribution in [3.63, 3.8) is 0 Å². The fourth-order valence-electron chi connectivity index (χ4n) is 2.16. The minimum absolute atomic E-state index is 0.0373. The van der Waals surface area contributed by atoms with Crippen LogP contribution in [0, 0.1) is 11.8 Å². The zero-order valence-electron chi connectivity index (χ0n) is 14.9. The van der Waals surface area contributed by atoms with Crippen molar-refractivity contribution in [2.75, 3.05) is 13.2 Å². The van der Waals surface area contributed by atoms with Gasteiger partial charge in [-0.15, -0.1) is 0 Å². The monoisotopic (exact) mass is 326 g/mol. The third-order valence-electron chi connectivity index (χ3n) is 3.39. The lowest BCUT2D eigenvalue weighted by atomic mass is 10.0. The normalized spacial score (nSPS) is 10.9. The first-order valence-corrected chi connectivity index (χ1v) is 8.46. The van der Waals surface area contributed by atoms with E-state index in [-0.39, 0.29) is 5.78 Å². The van der Waals surface area contributed by atoms with Crippen LogP contribution in [0.4, 0.5) is 0 Å². The molecule has 0 N–H and O–H groups in total. The topological polar surface area (TPSA) is 35.5 Å². The molecule has 0 aliphatic carbocycles. The molecule has 0 fully saturated rings. The summed E-state index contributed by atoms with van der Waals surface area (Å²) in [5, 5.41) is 0. The Labute approximate surface area is 144 Å². The van der Waals surface area contributed by atoms with Crippen molar-refractivity contribution in [1.29, 1.82) is 0 Å². The molecule has 0 amide bonds. The Morgan fingerprint density at radius 2 is 1.50 bits per heavy atom. The molecular formula is C21H26O3. The molecule has 0 aromatic heterocycles. The van der Waals surface area contributed by atoms with Gasteiger partial charge in [0.25, 0.3) is 0 Å². The Bertz CT molecular complexity index is 660. The molecule has 2 rings (SSSR count). The first-order chi connectivity index (χ1) is 11.5. The summed E-state index contributed by atoms with van der Waals surface area (Å²) in [4.78, 5) is 12.8. The highest BCUT2D eigenvalue weighted by Crippen LogP contribution is 2.28. The van der Waals surface area contributed by atoms with Gasteiger partial charge in [0.15, 0.2) is 5.78 Å². The highest BCUT2D eigenvalue weighted by molar-refractivity contribution is 6.10. The Kier molecular flexibility index (Phi) is 6.42. The number of carbonyl (C=O) groups is 1. The fraction of sp³-hybridized carbons (Fsp3) is 0.381. The smallest absolute Gasteiger partial charge is 0.196 e. The van der Waals surface area contributed by atoms with Crippen molar-refractivity contribution in [3.05, 3.63) is 59.7 Å². The molecule has 3 nitrogen and oxygen atoms in total. The fourth-order valence-corrected chi connectivity index (χ4v) is 2.16. The molecule has 0 aliphatic rings. The number of ether oxygens (including phenoxy) is 2. The summed E-state index contributed by atoms with van der Waals surface area (Å²) < 4.78 is 11.7. The van der Waals surface area contributed by atoms with Crippen LogP contribution >= 0.6 is 0 Å². The van der Waals surface area contributed by atoms with Crippen molar-refractivity contribution >= 4 is 5.78 Å². The summed E-state index contributed by atoms with van der Waals surface area (Å²) in [6, 6.07) is 14.7. The van der Waals surface area contributed by atoms with Crippen LogP contribution in [-0.2, 0) is 0 Å². The maximum Gasteiger partial charge on any atom is 0.196 e. The summed E-state index contributed by atoms with van der Waals surface area (Å²) in [5.74, 6) is 2.09. The summed E-state index contributed by atoms with van der Waals surface area (Å²) in [5.41, 5.74) is 1.22. The first kappa shape index (κ1) is 18.1. The van der Waals surface area contributed by atoms with Gasteiger partial charge in [-0.1, -0.05) is 58.0 Å². The van der Waals surface area contributed by atoms with Crippen LogP contribution in [0.5, 0.6) is 11.5 Å². The zero-order valence-corrected chi connectivity index (χ0v) is 14.9. The molecule has 0 bridgehead atoms. The zero-order chi connectivity index (χ0) is 17.5. The van der Waals surface area contributed by atoms with Crippen LogP contribution in [0.1, 0.15) is 43.6 Å². The third kappa shape index (κ3) is 5.12. The Morgan fingerprint density at radius 1 is 0.875 bits per heavy atom. The number of hydrogen-bond acceptors (Lipinski definition) is 3. The minimum atomic E-state index is -0.0373. The van der Waals surface area contributed by atoms with E-state index >= 15 is 0 Å². The number of ketones is 1. The van der Waals surface area contributed by atoms with Crippen LogP contribution in [0.15, 0.2) is 48.5 Å². The van der Waals surface area contributed by atoms with Crippen LogP contribution in [0.3, 0.4) is 0 Å². The van der Waals surface area contributed by atoms with E-state index in [2.05, 4.69) is 27.7 Å². The van der Waals surface area contributed by atoms with Crippen molar-refractivity contribution in [2.45, 2.75) is 27.7 Å². The molecule has 0 atom stereocenters. The molecule has 2 aromatic carbocycles. The summed E-state index contributed by atoms with van der Waals surface area (Å²) in [7, 11) is 0. The van der Waals surface area contributed by atoms with Gasteiger partial charge in [-0.05, 0) is 24.0 Å². The summed E-state index contributed by atoms with van der Waals surface area (Å²) in [6.45, 7) is 9.56. The summed E-state index contributed by atoms with van der Waals surface area (Å²) >= 11 is 0. The Morgan fingerprint density at radius 3 is 2.12 bits per heavy atom. The number of hydrogen-bond donors (Lipinski definition) is 0. The van der Waals surface area contributed by atoms with Gasteiger partial charge in [-0.2, -0.15) is 0 Å². The van der Waals surface area contributed by atoms with E-state index in [4.69, 9.17) is 9.47 Å². The van der Waals surface area contributed by atoms with Gasteiger partial charge in [-0.3, -0.25) is 4.79 Å². The van der Waals surface area contributed by atoms with Crippen molar-refractivity contribution in [2.24, 2.45) is 11.8 Å².